The first kappa shape index (κ1) is 14.2. The van der Waals surface area contributed by atoms with Crippen LogP contribution in [0.3, 0.4) is 0 Å². The maximum absolute atomic E-state index is 12.3. The summed E-state index contributed by atoms with van der Waals surface area (Å²) in [5.74, 6) is -4.56. The van der Waals surface area contributed by atoms with Gasteiger partial charge in [0.25, 0.3) is 5.76 Å². The Kier molecular flexibility index (Phi) is 5.31. The average Bonchev–Trinajstić information content (AvgIpc) is 2.28. The topological polar surface area (TPSA) is 66.4 Å². The van der Waals surface area contributed by atoms with E-state index in [1.165, 1.54) is 12.1 Å². The van der Waals surface area contributed by atoms with Gasteiger partial charge in [0.15, 0.2) is 0 Å². The van der Waals surface area contributed by atoms with Gasteiger partial charge in [0.05, 0.1) is 5.69 Å². The standard InChI is InChI=1S/C11H9F2NO3S/c12-11(13)18-8-4-2-1-3-7(8)14-9(15)5-6-10(16)17/h1-6,11H,(H,14,15)(H,16,17)/b6-5+. The first-order valence-electron chi connectivity index (χ1n) is 4.75. The molecule has 0 aliphatic carbocycles. The second kappa shape index (κ2) is 6.75. The van der Waals surface area contributed by atoms with Crippen molar-refractivity contribution in [1.29, 1.82) is 0 Å². The number of halogens is 2. The van der Waals surface area contributed by atoms with Crippen molar-refractivity contribution in [3.63, 3.8) is 0 Å². The number of alkyl halides is 2. The smallest absolute Gasteiger partial charge is 0.328 e. The minimum absolute atomic E-state index is 0.211. The van der Waals surface area contributed by atoms with E-state index in [1.807, 2.05) is 0 Å². The molecular formula is C11H9F2NO3S. The molecule has 0 aliphatic heterocycles. The second-order valence-corrected chi connectivity index (χ2v) is 4.07. The first-order valence-corrected chi connectivity index (χ1v) is 5.63. The Morgan fingerprint density at radius 2 is 1.94 bits per heavy atom. The molecule has 0 fully saturated rings. The van der Waals surface area contributed by atoms with Gasteiger partial charge in [-0.15, -0.1) is 0 Å². The highest BCUT2D eigenvalue weighted by Gasteiger charge is 2.10. The number of anilines is 1. The van der Waals surface area contributed by atoms with Gasteiger partial charge in [-0.05, 0) is 12.1 Å². The molecule has 1 amide bonds. The van der Waals surface area contributed by atoms with Crippen LogP contribution in [0.4, 0.5) is 14.5 Å². The van der Waals surface area contributed by atoms with Gasteiger partial charge in [-0.1, -0.05) is 23.9 Å². The third-order valence-corrected chi connectivity index (χ3v) is 2.53. The molecule has 0 aliphatic rings. The fourth-order valence-corrected chi connectivity index (χ4v) is 1.69. The van der Waals surface area contributed by atoms with Crippen molar-refractivity contribution >= 4 is 29.3 Å². The molecule has 0 spiro atoms. The number of carboxylic acids is 1. The average molecular weight is 273 g/mol. The largest absolute Gasteiger partial charge is 0.478 e. The van der Waals surface area contributed by atoms with Crippen LogP contribution in [0.1, 0.15) is 0 Å². The minimum Gasteiger partial charge on any atom is -0.478 e. The molecule has 18 heavy (non-hydrogen) atoms. The first-order chi connectivity index (χ1) is 8.49. The number of carboxylic acid groups (broad SMARTS) is 1. The van der Waals surface area contributed by atoms with Gasteiger partial charge < -0.3 is 10.4 Å². The number of rotatable bonds is 5. The molecule has 0 aromatic heterocycles. The summed E-state index contributed by atoms with van der Waals surface area (Å²) >= 11 is 0.303. The van der Waals surface area contributed by atoms with Crippen LogP contribution in [-0.2, 0) is 9.59 Å². The van der Waals surface area contributed by atoms with Crippen molar-refractivity contribution in [1.82, 2.24) is 0 Å². The Labute approximate surface area is 106 Å². The van der Waals surface area contributed by atoms with E-state index in [0.717, 1.165) is 6.08 Å². The summed E-state index contributed by atoms with van der Waals surface area (Å²) < 4.78 is 24.5. The van der Waals surface area contributed by atoms with E-state index in [0.29, 0.717) is 17.8 Å². The number of aliphatic carboxylic acids is 1. The number of benzene rings is 1. The van der Waals surface area contributed by atoms with Crippen LogP contribution in [0.25, 0.3) is 0 Å². The van der Waals surface area contributed by atoms with Gasteiger partial charge >= 0.3 is 5.97 Å². The van der Waals surface area contributed by atoms with Crippen LogP contribution >= 0.6 is 11.8 Å². The molecule has 7 heteroatoms. The van der Waals surface area contributed by atoms with Gasteiger partial charge in [-0.25, -0.2) is 4.79 Å². The summed E-state index contributed by atoms with van der Waals surface area (Å²) in [6.45, 7) is 0. The fourth-order valence-electron chi connectivity index (χ4n) is 1.09. The third kappa shape index (κ3) is 4.96. The number of carbonyl (C=O) groups is 2. The number of thioether (sulfide) groups is 1. The molecule has 1 aromatic rings. The molecule has 0 radical (unpaired) electrons. The number of amides is 1. The Bertz CT molecular complexity index is 477. The summed E-state index contributed by atoms with van der Waals surface area (Å²) in [4.78, 5) is 21.7. The maximum Gasteiger partial charge on any atom is 0.328 e. The van der Waals surface area contributed by atoms with Crippen molar-refractivity contribution in [3.05, 3.63) is 36.4 Å². The van der Waals surface area contributed by atoms with Gasteiger partial charge in [-0.2, -0.15) is 8.78 Å². The molecule has 96 valence electrons. The van der Waals surface area contributed by atoms with Crippen LogP contribution in [0.5, 0.6) is 0 Å². The second-order valence-electron chi connectivity index (χ2n) is 3.04. The predicted molar refractivity (Wildman–Crippen MR) is 63.7 cm³/mol. The quantitative estimate of drug-likeness (QED) is 0.639. The molecule has 0 bridgehead atoms. The number of para-hydroxylation sites is 1. The highest BCUT2D eigenvalue weighted by Crippen LogP contribution is 2.31. The molecule has 4 nitrogen and oxygen atoms in total. The van der Waals surface area contributed by atoms with Crippen molar-refractivity contribution < 1.29 is 23.5 Å². The minimum atomic E-state index is -2.60. The Morgan fingerprint density at radius 1 is 1.28 bits per heavy atom. The summed E-state index contributed by atoms with van der Waals surface area (Å²) in [5.41, 5.74) is 0.211. The zero-order chi connectivity index (χ0) is 13.5. The van der Waals surface area contributed by atoms with E-state index in [9.17, 15) is 18.4 Å². The normalized spacial score (nSPS) is 10.8. The molecule has 1 rings (SSSR count). The van der Waals surface area contributed by atoms with Crippen LogP contribution in [0, 0.1) is 0 Å². The maximum atomic E-state index is 12.3. The summed E-state index contributed by atoms with van der Waals surface area (Å²) in [6, 6.07) is 6.03. The lowest BCUT2D eigenvalue weighted by atomic mass is 10.3. The number of carbonyl (C=O) groups excluding carboxylic acids is 1. The summed E-state index contributed by atoms with van der Waals surface area (Å²) in [5, 5.41) is 10.7. The fraction of sp³-hybridized carbons (Fsp3) is 0.0909. The van der Waals surface area contributed by atoms with Crippen LogP contribution in [-0.4, -0.2) is 22.7 Å². The molecule has 0 unspecified atom stereocenters. The number of hydrogen-bond donors (Lipinski definition) is 2. The lowest BCUT2D eigenvalue weighted by Crippen LogP contribution is -2.09. The Balaban J connectivity index is 2.77. The lowest BCUT2D eigenvalue weighted by Gasteiger charge is -2.08. The molecule has 2 N–H and O–H groups in total. The van der Waals surface area contributed by atoms with Gasteiger partial charge in [-0.3, -0.25) is 4.79 Å². The van der Waals surface area contributed by atoms with Gasteiger partial charge in [0.1, 0.15) is 0 Å². The van der Waals surface area contributed by atoms with Crippen LogP contribution < -0.4 is 5.32 Å². The summed E-state index contributed by atoms with van der Waals surface area (Å²) in [6.07, 6.45) is 1.48. The van der Waals surface area contributed by atoms with Gasteiger partial charge in [0.2, 0.25) is 5.91 Å². The molecule has 0 saturated heterocycles. The van der Waals surface area contributed by atoms with Crippen LogP contribution in [0.2, 0.25) is 0 Å². The van der Waals surface area contributed by atoms with E-state index >= 15 is 0 Å². The van der Waals surface area contributed by atoms with E-state index in [1.54, 1.807) is 12.1 Å². The number of nitrogens with one attached hydrogen (secondary N) is 1. The van der Waals surface area contributed by atoms with E-state index in [-0.39, 0.29) is 10.6 Å². The SMILES string of the molecule is O=C(O)/C=C/C(=O)Nc1ccccc1SC(F)F. The zero-order valence-corrected chi connectivity index (χ0v) is 9.79. The Hall–Kier alpha value is -1.89. The third-order valence-electron chi connectivity index (χ3n) is 1.74. The van der Waals surface area contributed by atoms with Crippen molar-refractivity contribution in [2.75, 3.05) is 5.32 Å². The zero-order valence-electron chi connectivity index (χ0n) is 8.97. The lowest BCUT2D eigenvalue weighted by molar-refractivity contribution is -0.131. The summed E-state index contributed by atoms with van der Waals surface area (Å²) in [7, 11) is 0. The van der Waals surface area contributed by atoms with Gasteiger partial charge in [0, 0.05) is 17.0 Å². The molecule has 0 saturated carbocycles. The number of hydrogen-bond acceptors (Lipinski definition) is 3. The molecule has 0 heterocycles. The van der Waals surface area contributed by atoms with E-state index in [4.69, 9.17) is 5.11 Å². The van der Waals surface area contributed by atoms with Crippen molar-refractivity contribution in [2.45, 2.75) is 10.7 Å². The molecule has 1 aromatic carbocycles. The van der Waals surface area contributed by atoms with E-state index in [2.05, 4.69) is 5.32 Å². The highest BCUT2D eigenvalue weighted by molar-refractivity contribution is 7.99. The van der Waals surface area contributed by atoms with Crippen molar-refractivity contribution in [3.8, 4) is 0 Å². The Morgan fingerprint density at radius 3 is 2.56 bits per heavy atom. The predicted octanol–water partition coefficient (Wildman–Crippen LogP) is 2.58. The van der Waals surface area contributed by atoms with E-state index < -0.39 is 17.6 Å². The highest BCUT2D eigenvalue weighted by atomic mass is 32.2. The molecule has 0 atom stereocenters. The molecular weight excluding hydrogens is 264 g/mol. The van der Waals surface area contributed by atoms with Crippen molar-refractivity contribution in [2.24, 2.45) is 0 Å². The van der Waals surface area contributed by atoms with Crippen LogP contribution in [0.15, 0.2) is 41.3 Å². The monoisotopic (exact) mass is 273 g/mol.